The first-order valence-corrected chi connectivity index (χ1v) is 11.0. The van der Waals surface area contributed by atoms with E-state index in [2.05, 4.69) is 28.5 Å². The lowest BCUT2D eigenvalue weighted by Gasteiger charge is -2.16. The molecule has 0 atom stereocenters. The van der Waals surface area contributed by atoms with Gasteiger partial charge < -0.3 is 5.11 Å². The second kappa shape index (κ2) is 8.41. The van der Waals surface area contributed by atoms with Crippen LogP contribution in [0.4, 0.5) is 5.95 Å². The minimum atomic E-state index is -4.12. The maximum Gasteiger partial charge on any atom is 0.335 e. The van der Waals surface area contributed by atoms with Gasteiger partial charge in [-0.05, 0) is 36.6 Å². The minimum absolute atomic E-state index is 0.121. The second-order valence-electron chi connectivity index (χ2n) is 6.99. The van der Waals surface area contributed by atoms with Crippen molar-refractivity contribution in [2.24, 2.45) is 0 Å². The van der Waals surface area contributed by atoms with Gasteiger partial charge in [0.2, 0.25) is 5.95 Å². The van der Waals surface area contributed by atoms with Crippen molar-refractivity contribution in [2.45, 2.75) is 31.6 Å². The fraction of sp³-hybridized carbons (Fsp3) is 0.190. The molecule has 0 fully saturated rings. The van der Waals surface area contributed by atoms with Crippen LogP contribution >= 0.6 is 11.6 Å². The zero-order valence-corrected chi connectivity index (χ0v) is 18.1. The van der Waals surface area contributed by atoms with Crippen molar-refractivity contribution in [2.75, 3.05) is 4.72 Å². The summed E-state index contributed by atoms with van der Waals surface area (Å²) in [6, 6.07) is 12.7. The number of hydrogen-bond acceptors (Lipinski definition) is 5. The number of aromatic carboxylic acids is 1. The Morgan fingerprint density at radius 2 is 1.80 bits per heavy atom. The highest BCUT2D eigenvalue weighted by Crippen LogP contribution is 2.33. The summed E-state index contributed by atoms with van der Waals surface area (Å²) in [5.74, 6) is -1.21. The number of carboxylic acids is 1. The zero-order chi connectivity index (χ0) is 22.1. The SMILES string of the molecule is Cc1c(Cl)nc(NS(=O)(=O)c2cccc(C(=O)O)c2)nc1-c1ccccc1C(C)C. The molecule has 0 spiro atoms. The van der Waals surface area contributed by atoms with Crippen molar-refractivity contribution in [1.82, 2.24) is 9.97 Å². The monoisotopic (exact) mass is 445 g/mol. The number of halogens is 1. The summed E-state index contributed by atoms with van der Waals surface area (Å²) < 4.78 is 27.8. The summed E-state index contributed by atoms with van der Waals surface area (Å²) in [7, 11) is -4.12. The molecule has 0 bridgehead atoms. The van der Waals surface area contributed by atoms with Crippen molar-refractivity contribution in [3.05, 3.63) is 70.4 Å². The zero-order valence-electron chi connectivity index (χ0n) is 16.5. The summed E-state index contributed by atoms with van der Waals surface area (Å²) in [5.41, 5.74) is 2.88. The number of aromatic nitrogens is 2. The predicted octanol–water partition coefficient (Wildman–Crippen LogP) is 4.73. The number of anilines is 1. The van der Waals surface area contributed by atoms with Gasteiger partial charge in [0.05, 0.1) is 16.2 Å². The molecule has 0 amide bonds. The van der Waals surface area contributed by atoms with E-state index in [-0.39, 0.29) is 27.5 Å². The molecule has 0 aliphatic rings. The van der Waals surface area contributed by atoms with Crippen LogP contribution in [0.5, 0.6) is 0 Å². The van der Waals surface area contributed by atoms with E-state index in [1.807, 2.05) is 24.3 Å². The Morgan fingerprint density at radius 3 is 2.47 bits per heavy atom. The maximum atomic E-state index is 12.8. The van der Waals surface area contributed by atoms with Crippen LogP contribution in [0.1, 0.15) is 41.3 Å². The molecule has 2 N–H and O–H groups in total. The van der Waals surface area contributed by atoms with Gasteiger partial charge in [-0.1, -0.05) is 55.8 Å². The van der Waals surface area contributed by atoms with E-state index in [4.69, 9.17) is 16.7 Å². The molecule has 0 aliphatic carbocycles. The fourth-order valence-corrected chi connectivity index (χ4v) is 4.15. The highest BCUT2D eigenvalue weighted by Gasteiger charge is 2.21. The van der Waals surface area contributed by atoms with E-state index >= 15 is 0 Å². The van der Waals surface area contributed by atoms with E-state index in [1.165, 1.54) is 18.2 Å². The number of benzene rings is 2. The van der Waals surface area contributed by atoms with E-state index in [9.17, 15) is 13.2 Å². The first-order valence-electron chi connectivity index (χ1n) is 9.09. The third-order valence-corrected chi connectivity index (χ3v) is 6.24. The van der Waals surface area contributed by atoms with Crippen molar-refractivity contribution < 1.29 is 18.3 Å². The summed E-state index contributed by atoms with van der Waals surface area (Å²) in [6.45, 7) is 5.87. The quantitative estimate of drug-likeness (QED) is 0.531. The molecular formula is C21H20ClN3O4S. The molecule has 156 valence electrons. The Labute approximate surface area is 179 Å². The van der Waals surface area contributed by atoms with Crippen molar-refractivity contribution in [3.63, 3.8) is 0 Å². The number of hydrogen-bond donors (Lipinski definition) is 2. The van der Waals surface area contributed by atoms with Crippen LogP contribution in [-0.2, 0) is 10.0 Å². The average Bonchev–Trinajstić information content (AvgIpc) is 2.70. The number of rotatable bonds is 6. The maximum absolute atomic E-state index is 12.8. The number of sulfonamides is 1. The topological polar surface area (TPSA) is 109 Å². The van der Waals surface area contributed by atoms with Gasteiger partial charge in [-0.25, -0.2) is 22.9 Å². The van der Waals surface area contributed by atoms with Crippen LogP contribution in [-0.4, -0.2) is 29.5 Å². The first kappa shape index (κ1) is 21.7. The molecule has 7 nitrogen and oxygen atoms in total. The van der Waals surface area contributed by atoms with Gasteiger partial charge >= 0.3 is 5.97 Å². The van der Waals surface area contributed by atoms with Crippen LogP contribution in [0.2, 0.25) is 5.15 Å². The number of nitrogens with one attached hydrogen (secondary N) is 1. The molecule has 3 rings (SSSR count). The van der Waals surface area contributed by atoms with Crippen molar-refractivity contribution >= 4 is 33.5 Å². The molecule has 0 aliphatic heterocycles. The molecule has 3 aromatic rings. The van der Waals surface area contributed by atoms with Crippen LogP contribution < -0.4 is 4.72 Å². The predicted molar refractivity (Wildman–Crippen MR) is 116 cm³/mol. The van der Waals surface area contributed by atoms with Gasteiger partial charge in [0.25, 0.3) is 10.0 Å². The number of nitrogens with zero attached hydrogens (tertiary/aromatic N) is 2. The Balaban J connectivity index is 2.07. The smallest absolute Gasteiger partial charge is 0.335 e. The Morgan fingerprint density at radius 1 is 1.10 bits per heavy atom. The lowest BCUT2D eigenvalue weighted by Crippen LogP contribution is -2.16. The molecule has 0 unspecified atom stereocenters. The summed E-state index contributed by atoms with van der Waals surface area (Å²) in [5, 5.41) is 9.23. The molecule has 30 heavy (non-hydrogen) atoms. The normalized spacial score (nSPS) is 11.5. The molecular weight excluding hydrogens is 426 g/mol. The van der Waals surface area contributed by atoms with E-state index in [0.29, 0.717) is 11.3 Å². The van der Waals surface area contributed by atoms with E-state index in [0.717, 1.165) is 17.2 Å². The molecule has 9 heteroatoms. The molecule has 0 saturated carbocycles. The first-order chi connectivity index (χ1) is 14.1. The Hall–Kier alpha value is -2.97. The van der Waals surface area contributed by atoms with Gasteiger partial charge in [0.15, 0.2) is 0 Å². The van der Waals surface area contributed by atoms with Gasteiger partial charge in [0.1, 0.15) is 5.15 Å². The summed E-state index contributed by atoms with van der Waals surface area (Å²) in [6.07, 6.45) is 0. The molecule has 1 heterocycles. The van der Waals surface area contributed by atoms with E-state index < -0.39 is 16.0 Å². The van der Waals surface area contributed by atoms with Crippen LogP contribution in [0, 0.1) is 6.92 Å². The molecule has 0 saturated heterocycles. The average molecular weight is 446 g/mol. The van der Waals surface area contributed by atoms with Gasteiger partial charge in [0, 0.05) is 11.1 Å². The Kier molecular flexibility index (Phi) is 6.09. The number of carboxylic acid groups (broad SMARTS) is 1. The van der Waals surface area contributed by atoms with Crippen LogP contribution in [0.3, 0.4) is 0 Å². The second-order valence-corrected chi connectivity index (χ2v) is 9.03. The van der Waals surface area contributed by atoms with Gasteiger partial charge in [-0.3, -0.25) is 0 Å². The summed E-state index contributed by atoms with van der Waals surface area (Å²) >= 11 is 6.28. The molecule has 1 aromatic heterocycles. The standard InChI is InChI=1S/C21H20ClN3O4S/c1-12(2)16-9-4-5-10-17(16)18-13(3)19(22)24-21(23-18)25-30(28,29)15-8-6-7-14(11-15)20(26)27/h4-12H,1-3H3,(H,26,27)(H,23,24,25). The van der Waals surface area contributed by atoms with E-state index in [1.54, 1.807) is 6.92 Å². The molecule has 2 aromatic carbocycles. The van der Waals surface area contributed by atoms with Gasteiger partial charge in [-0.15, -0.1) is 0 Å². The third-order valence-electron chi connectivity index (χ3n) is 4.54. The molecule has 0 radical (unpaired) electrons. The highest BCUT2D eigenvalue weighted by molar-refractivity contribution is 7.92. The van der Waals surface area contributed by atoms with Crippen LogP contribution in [0.25, 0.3) is 11.3 Å². The summed E-state index contributed by atoms with van der Waals surface area (Å²) in [4.78, 5) is 19.4. The van der Waals surface area contributed by atoms with Crippen molar-refractivity contribution in [1.29, 1.82) is 0 Å². The Bertz CT molecular complexity index is 1230. The van der Waals surface area contributed by atoms with Crippen molar-refractivity contribution in [3.8, 4) is 11.3 Å². The largest absolute Gasteiger partial charge is 0.478 e. The van der Waals surface area contributed by atoms with Gasteiger partial charge in [-0.2, -0.15) is 4.98 Å². The lowest BCUT2D eigenvalue weighted by atomic mass is 9.94. The lowest BCUT2D eigenvalue weighted by molar-refractivity contribution is 0.0696. The highest BCUT2D eigenvalue weighted by atomic mass is 35.5. The van der Waals surface area contributed by atoms with Crippen LogP contribution in [0.15, 0.2) is 53.4 Å². The third kappa shape index (κ3) is 4.44. The minimum Gasteiger partial charge on any atom is -0.478 e. The fourth-order valence-electron chi connectivity index (χ4n) is 2.99. The number of carbonyl (C=O) groups is 1.